The van der Waals surface area contributed by atoms with E-state index in [2.05, 4.69) is 11.9 Å². The van der Waals surface area contributed by atoms with Crippen molar-refractivity contribution < 1.29 is 9.53 Å². The van der Waals surface area contributed by atoms with Gasteiger partial charge in [0.1, 0.15) is 11.3 Å². The quantitative estimate of drug-likeness (QED) is 0.923. The van der Waals surface area contributed by atoms with Gasteiger partial charge < -0.3 is 15.4 Å². The molecule has 6 heteroatoms. The molecule has 2 heterocycles. The zero-order chi connectivity index (χ0) is 17.1. The highest BCUT2D eigenvalue weighted by Gasteiger charge is 2.29. The summed E-state index contributed by atoms with van der Waals surface area (Å²) < 4.78 is 5.76. The molecule has 2 unspecified atom stereocenters. The number of ether oxygens (including phenoxy) is 1. The second-order valence-electron chi connectivity index (χ2n) is 6.34. The molecule has 1 fully saturated rings. The lowest BCUT2D eigenvalue weighted by Crippen LogP contribution is -2.50. The summed E-state index contributed by atoms with van der Waals surface area (Å²) in [6.07, 6.45) is 3.64. The van der Waals surface area contributed by atoms with Gasteiger partial charge in [-0.15, -0.1) is 0 Å². The molecule has 1 aliphatic rings. The van der Waals surface area contributed by atoms with Gasteiger partial charge in [-0.1, -0.05) is 18.5 Å². The van der Waals surface area contributed by atoms with Gasteiger partial charge in [0.15, 0.2) is 6.61 Å². The number of aromatic nitrogens is 1. The van der Waals surface area contributed by atoms with E-state index < -0.39 is 0 Å². The molecule has 2 atom stereocenters. The van der Waals surface area contributed by atoms with Crippen LogP contribution >= 0.6 is 11.6 Å². The Morgan fingerprint density at radius 2 is 2.29 bits per heavy atom. The highest BCUT2D eigenvalue weighted by molar-refractivity contribution is 6.35. The van der Waals surface area contributed by atoms with Crippen LogP contribution in [0.5, 0.6) is 5.75 Å². The number of fused-ring (bicyclic) bond motifs is 1. The van der Waals surface area contributed by atoms with Gasteiger partial charge in [0.2, 0.25) is 0 Å². The van der Waals surface area contributed by atoms with Crippen LogP contribution in [0.15, 0.2) is 30.5 Å². The van der Waals surface area contributed by atoms with Crippen molar-refractivity contribution in [2.24, 2.45) is 11.7 Å². The fourth-order valence-electron chi connectivity index (χ4n) is 3.25. The topological polar surface area (TPSA) is 68.5 Å². The van der Waals surface area contributed by atoms with Crippen molar-refractivity contribution in [1.29, 1.82) is 0 Å². The molecule has 1 amide bonds. The van der Waals surface area contributed by atoms with Gasteiger partial charge >= 0.3 is 0 Å². The van der Waals surface area contributed by atoms with Crippen LogP contribution in [0.25, 0.3) is 10.9 Å². The minimum absolute atomic E-state index is 0.0157. The second kappa shape index (κ2) is 7.36. The standard InChI is InChI=1S/C18H22ClN3O2/c1-12-6-8-22(13(9-12)10-20)17(23)11-24-16-5-4-15(19)14-3-2-7-21-18(14)16/h2-5,7,12-13H,6,8-11,20H2,1H3. The summed E-state index contributed by atoms with van der Waals surface area (Å²) in [5, 5.41) is 1.43. The SMILES string of the molecule is CC1CCN(C(=O)COc2ccc(Cl)c3cccnc23)C(CN)C1. The highest BCUT2D eigenvalue weighted by atomic mass is 35.5. The number of benzene rings is 1. The summed E-state index contributed by atoms with van der Waals surface area (Å²) in [4.78, 5) is 18.7. The number of pyridine rings is 1. The number of rotatable bonds is 4. The largest absolute Gasteiger partial charge is 0.481 e. The smallest absolute Gasteiger partial charge is 0.260 e. The summed E-state index contributed by atoms with van der Waals surface area (Å²) in [5.74, 6) is 1.14. The molecule has 0 aliphatic carbocycles. The van der Waals surface area contributed by atoms with Crippen LogP contribution in [0.3, 0.4) is 0 Å². The summed E-state index contributed by atoms with van der Waals surface area (Å²) in [6.45, 7) is 3.41. The molecule has 1 aliphatic heterocycles. The van der Waals surface area contributed by atoms with E-state index >= 15 is 0 Å². The Labute approximate surface area is 146 Å². The van der Waals surface area contributed by atoms with Crippen LogP contribution in [-0.2, 0) is 4.79 Å². The van der Waals surface area contributed by atoms with Gasteiger partial charge in [0, 0.05) is 30.7 Å². The number of hydrogen-bond acceptors (Lipinski definition) is 4. The number of likely N-dealkylation sites (tertiary alicyclic amines) is 1. The lowest BCUT2D eigenvalue weighted by molar-refractivity contribution is -0.137. The van der Waals surface area contributed by atoms with Gasteiger partial charge in [-0.2, -0.15) is 0 Å². The molecule has 2 aromatic rings. The van der Waals surface area contributed by atoms with Crippen LogP contribution < -0.4 is 10.5 Å². The number of amides is 1. The van der Waals surface area contributed by atoms with E-state index in [0.717, 1.165) is 24.8 Å². The van der Waals surface area contributed by atoms with Crippen molar-refractivity contribution in [3.63, 3.8) is 0 Å². The predicted octanol–water partition coefficient (Wildman–Crippen LogP) is 2.85. The molecule has 0 bridgehead atoms. The minimum atomic E-state index is -0.0311. The molecule has 24 heavy (non-hydrogen) atoms. The lowest BCUT2D eigenvalue weighted by Gasteiger charge is -2.37. The lowest BCUT2D eigenvalue weighted by atomic mass is 9.92. The fraction of sp³-hybridized carbons (Fsp3) is 0.444. The van der Waals surface area contributed by atoms with E-state index in [1.807, 2.05) is 17.0 Å². The Balaban J connectivity index is 1.72. The Morgan fingerprint density at radius 1 is 1.46 bits per heavy atom. The van der Waals surface area contributed by atoms with E-state index in [-0.39, 0.29) is 18.6 Å². The van der Waals surface area contributed by atoms with E-state index in [1.54, 1.807) is 18.3 Å². The summed E-state index contributed by atoms with van der Waals surface area (Å²) in [5.41, 5.74) is 6.50. The van der Waals surface area contributed by atoms with Crippen molar-refractivity contribution in [2.75, 3.05) is 19.7 Å². The molecule has 1 aromatic carbocycles. The van der Waals surface area contributed by atoms with Crippen LogP contribution in [0, 0.1) is 5.92 Å². The van der Waals surface area contributed by atoms with Crippen molar-refractivity contribution >= 4 is 28.4 Å². The number of carbonyl (C=O) groups excluding carboxylic acids is 1. The molecule has 3 rings (SSSR count). The van der Waals surface area contributed by atoms with Crippen LogP contribution in [0.2, 0.25) is 5.02 Å². The number of carbonyl (C=O) groups is 1. The van der Waals surface area contributed by atoms with Crippen molar-refractivity contribution in [3.05, 3.63) is 35.5 Å². The summed E-state index contributed by atoms with van der Waals surface area (Å²) in [7, 11) is 0. The maximum absolute atomic E-state index is 12.5. The van der Waals surface area contributed by atoms with Gasteiger partial charge in [-0.3, -0.25) is 9.78 Å². The van der Waals surface area contributed by atoms with E-state index in [4.69, 9.17) is 22.1 Å². The third-order valence-corrected chi connectivity index (χ3v) is 4.93. The summed E-state index contributed by atoms with van der Waals surface area (Å²) in [6, 6.07) is 7.32. The molecule has 2 N–H and O–H groups in total. The van der Waals surface area contributed by atoms with E-state index in [9.17, 15) is 4.79 Å². The number of halogens is 1. The molecule has 0 saturated carbocycles. The van der Waals surface area contributed by atoms with Crippen LogP contribution in [0.4, 0.5) is 0 Å². The average molecular weight is 348 g/mol. The minimum Gasteiger partial charge on any atom is -0.481 e. The fourth-order valence-corrected chi connectivity index (χ4v) is 3.47. The maximum atomic E-state index is 12.5. The van der Waals surface area contributed by atoms with E-state index in [0.29, 0.717) is 28.8 Å². The zero-order valence-corrected chi connectivity index (χ0v) is 14.5. The first-order valence-electron chi connectivity index (χ1n) is 8.25. The maximum Gasteiger partial charge on any atom is 0.260 e. The average Bonchev–Trinajstić information content (AvgIpc) is 2.61. The van der Waals surface area contributed by atoms with Crippen molar-refractivity contribution in [3.8, 4) is 5.75 Å². The summed E-state index contributed by atoms with van der Waals surface area (Å²) >= 11 is 6.18. The first kappa shape index (κ1) is 17.0. The molecular weight excluding hydrogens is 326 g/mol. The zero-order valence-electron chi connectivity index (χ0n) is 13.7. The van der Waals surface area contributed by atoms with Gasteiger partial charge in [0.25, 0.3) is 5.91 Å². The molecule has 128 valence electrons. The molecule has 5 nitrogen and oxygen atoms in total. The second-order valence-corrected chi connectivity index (χ2v) is 6.75. The molecule has 0 spiro atoms. The highest BCUT2D eigenvalue weighted by Crippen LogP contribution is 2.30. The number of hydrogen-bond donors (Lipinski definition) is 1. The number of nitrogens with zero attached hydrogens (tertiary/aromatic N) is 2. The third kappa shape index (κ3) is 3.47. The molecular formula is C18H22ClN3O2. The molecule has 0 radical (unpaired) electrons. The van der Waals surface area contributed by atoms with Crippen LogP contribution in [-0.4, -0.2) is 41.5 Å². The Kier molecular flexibility index (Phi) is 5.21. The Bertz CT molecular complexity index is 737. The van der Waals surface area contributed by atoms with Crippen molar-refractivity contribution in [2.45, 2.75) is 25.8 Å². The normalized spacial score (nSPS) is 21.0. The Morgan fingerprint density at radius 3 is 3.08 bits per heavy atom. The number of nitrogens with two attached hydrogens (primary N) is 1. The molecule has 1 saturated heterocycles. The van der Waals surface area contributed by atoms with Gasteiger partial charge in [-0.05, 0) is 43.0 Å². The van der Waals surface area contributed by atoms with Gasteiger partial charge in [-0.25, -0.2) is 0 Å². The van der Waals surface area contributed by atoms with Gasteiger partial charge in [0.05, 0.1) is 5.02 Å². The number of piperidine rings is 1. The Hall–Kier alpha value is -1.85. The van der Waals surface area contributed by atoms with E-state index in [1.165, 1.54) is 0 Å². The molecule has 1 aromatic heterocycles. The first-order chi connectivity index (χ1) is 11.6. The monoisotopic (exact) mass is 347 g/mol. The van der Waals surface area contributed by atoms with Crippen molar-refractivity contribution in [1.82, 2.24) is 9.88 Å². The van der Waals surface area contributed by atoms with Crippen LogP contribution in [0.1, 0.15) is 19.8 Å². The first-order valence-corrected chi connectivity index (χ1v) is 8.63. The third-order valence-electron chi connectivity index (χ3n) is 4.60. The predicted molar refractivity (Wildman–Crippen MR) is 95.2 cm³/mol.